The van der Waals surface area contributed by atoms with E-state index in [-0.39, 0.29) is 12.6 Å². The summed E-state index contributed by atoms with van der Waals surface area (Å²) in [5.74, 6) is 1.42. The van der Waals surface area contributed by atoms with Crippen LogP contribution in [0, 0.1) is 11.8 Å². The molecule has 0 bridgehead atoms. The standard InChI is InChI=1S/C12H25NO/c1-4-5-11(10-6-7-10)13-12(8-14)9(2)3/h9-14H,4-8H2,1-3H3/t11?,12-/m1/s1. The quantitative estimate of drug-likeness (QED) is 0.658. The average Bonchev–Trinajstić information content (AvgIpc) is 2.94. The molecule has 0 amide bonds. The minimum absolute atomic E-state index is 0.268. The molecule has 84 valence electrons. The predicted octanol–water partition coefficient (Wildman–Crippen LogP) is 2.17. The van der Waals surface area contributed by atoms with E-state index in [1.165, 1.54) is 25.7 Å². The van der Waals surface area contributed by atoms with Crippen LogP contribution in [-0.4, -0.2) is 23.8 Å². The first kappa shape index (κ1) is 12.0. The van der Waals surface area contributed by atoms with Crippen LogP contribution in [0.2, 0.25) is 0 Å². The summed E-state index contributed by atoms with van der Waals surface area (Å²) >= 11 is 0. The molecule has 0 aliphatic heterocycles. The van der Waals surface area contributed by atoms with Gasteiger partial charge in [-0.1, -0.05) is 27.2 Å². The van der Waals surface area contributed by atoms with Crippen molar-refractivity contribution in [1.82, 2.24) is 5.32 Å². The van der Waals surface area contributed by atoms with E-state index >= 15 is 0 Å². The Morgan fingerprint density at radius 1 is 1.36 bits per heavy atom. The maximum absolute atomic E-state index is 9.25. The normalized spacial score (nSPS) is 21.2. The fourth-order valence-electron chi connectivity index (χ4n) is 2.00. The average molecular weight is 199 g/mol. The van der Waals surface area contributed by atoms with E-state index in [1.54, 1.807) is 0 Å². The molecule has 1 rings (SSSR count). The van der Waals surface area contributed by atoms with Crippen LogP contribution in [0.4, 0.5) is 0 Å². The molecule has 1 unspecified atom stereocenters. The van der Waals surface area contributed by atoms with Gasteiger partial charge < -0.3 is 10.4 Å². The van der Waals surface area contributed by atoms with Gasteiger partial charge in [-0.25, -0.2) is 0 Å². The molecular formula is C12H25NO. The first-order valence-corrected chi connectivity index (χ1v) is 6.06. The highest BCUT2D eigenvalue weighted by Crippen LogP contribution is 2.34. The van der Waals surface area contributed by atoms with Gasteiger partial charge in [0.1, 0.15) is 0 Å². The Labute approximate surface area is 88.1 Å². The van der Waals surface area contributed by atoms with Crippen molar-refractivity contribution in [2.45, 2.75) is 58.5 Å². The zero-order valence-corrected chi connectivity index (χ0v) is 9.79. The summed E-state index contributed by atoms with van der Waals surface area (Å²) in [6, 6.07) is 0.937. The summed E-state index contributed by atoms with van der Waals surface area (Å²) in [6.45, 7) is 6.85. The van der Waals surface area contributed by atoms with E-state index in [0.29, 0.717) is 12.0 Å². The molecule has 1 saturated carbocycles. The minimum atomic E-state index is 0.268. The maximum Gasteiger partial charge on any atom is 0.0587 e. The Hall–Kier alpha value is -0.0800. The molecule has 0 aromatic heterocycles. The van der Waals surface area contributed by atoms with Gasteiger partial charge in [0.05, 0.1) is 6.61 Å². The summed E-state index contributed by atoms with van der Waals surface area (Å²) in [7, 11) is 0. The van der Waals surface area contributed by atoms with Crippen LogP contribution in [-0.2, 0) is 0 Å². The van der Waals surface area contributed by atoms with Crippen molar-refractivity contribution in [1.29, 1.82) is 0 Å². The molecule has 1 fully saturated rings. The third kappa shape index (κ3) is 3.58. The van der Waals surface area contributed by atoms with E-state index < -0.39 is 0 Å². The SMILES string of the molecule is CCCC(N[C@H](CO)C(C)C)C1CC1. The number of hydrogen-bond acceptors (Lipinski definition) is 2. The van der Waals surface area contributed by atoms with Crippen LogP contribution in [0.1, 0.15) is 46.5 Å². The second kappa shape index (κ2) is 5.72. The van der Waals surface area contributed by atoms with Crippen molar-refractivity contribution < 1.29 is 5.11 Å². The van der Waals surface area contributed by atoms with E-state index in [4.69, 9.17) is 0 Å². The van der Waals surface area contributed by atoms with E-state index in [2.05, 4.69) is 26.1 Å². The Bertz CT molecular complexity index is 154. The van der Waals surface area contributed by atoms with Gasteiger partial charge in [0.2, 0.25) is 0 Å². The Balaban J connectivity index is 2.35. The van der Waals surface area contributed by atoms with Crippen molar-refractivity contribution >= 4 is 0 Å². The third-order valence-electron chi connectivity index (χ3n) is 3.22. The summed E-state index contributed by atoms with van der Waals surface area (Å²) in [5.41, 5.74) is 0. The largest absolute Gasteiger partial charge is 0.395 e. The highest BCUT2D eigenvalue weighted by atomic mass is 16.3. The third-order valence-corrected chi connectivity index (χ3v) is 3.22. The van der Waals surface area contributed by atoms with Crippen molar-refractivity contribution in [2.75, 3.05) is 6.61 Å². The van der Waals surface area contributed by atoms with Crippen LogP contribution in [0.15, 0.2) is 0 Å². The zero-order valence-electron chi connectivity index (χ0n) is 9.79. The van der Waals surface area contributed by atoms with Gasteiger partial charge in [-0.15, -0.1) is 0 Å². The van der Waals surface area contributed by atoms with Gasteiger partial charge in [-0.2, -0.15) is 0 Å². The van der Waals surface area contributed by atoms with Crippen molar-refractivity contribution in [2.24, 2.45) is 11.8 Å². The van der Waals surface area contributed by atoms with E-state index in [9.17, 15) is 5.11 Å². The highest BCUT2D eigenvalue weighted by molar-refractivity contribution is 4.88. The van der Waals surface area contributed by atoms with Crippen LogP contribution < -0.4 is 5.32 Å². The molecule has 0 aromatic rings. The summed E-state index contributed by atoms with van der Waals surface area (Å²) in [5, 5.41) is 12.9. The first-order chi connectivity index (χ1) is 6.69. The Morgan fingerprint density at radius 3 is 2.36 bits per heavy atom. The summed E-state index contributed by atoms with van der Waals surface area (Å²) in [6.07, 6.45) is 5.26. The van der Waals surface area contributed by atoms with Gasteiger partial charge in [0.25, 0.3) is 0 Å². The second-order valence-electron chi connectivity index (χ2n) is 4.93. The second-order valence-corrected chi connectivity index (χ2v) is 4.93. The molecule has 0 saturated heterocycles. The van der Waals surface area contributed by atoms with Crippen molar-refractivity contribution in [3.05, 3.63) is 0 Å². The molecule has 2 N–H and O–H groups in total. The zero-order chi connectivity index (χ0) is 10.6. The molecule has 2 heteroatoms. The molecule has 0 heterocycles. The highest BCUT2D eigenvalue weighted by Gasteiger charge is 2.32. The molecule has 2 nitrogen and oxygen atoms in total. The number of hydrogen-bond donors (Lipinski definition) is 2. The molecule has 0 radical (unpaired) electrons. The monoisotopic (exact) mass is 199 g/mol. The maximum atomic E-state index is 9.25. The number of aliphatic hydroxyl groups excluding tert-OH is 1. The fraction of sp³-hybridized carbons (Fsp3) is 1.00. The summed E-state index contributed by atoms with van der Waals surface area (Å²) < 4.78 is 0. The lowest BCUT2D eigenvalue weighted by atomic mass is 10.0. The fourth-order valence-corrected chi connectivity index (χ4v) is 2.00. The molecule has 1 aliphatic rings. The van der Waals surface area contributed by atoms with E-state index in [0.717, 1.165) is 5.92 Å². The summed E-state index contributed by atoms with van der Waals surface area (Å²) in [4.78, 5) is 0. The van der Waals surface area contributed by atoms with Crippen LogP contribution >= 0.6 is 0 Å². The van der Waals surface area contributed by atoms with Crippen LogP contribution in [0.5, 0.6) is 0 Å². The predicted molar refractivity (Wildman–Crippen MR) is 60.3 cm³/mol. The molecule has 2 atom stereocenters. The van der Waals surface area contributed by atoms with Gasteiger partial charge in [-0.3, -0.25) is 0 Å². The molecular weight excluding hydrogens is 174 g/mol. The van der Waals surface area contributed by atoms with Gasteiger partial charge >= 0.3 is 0 Å². The van der Waals surface area contributed by atoms with Crippen LogP contribution in [0.25, 0.3) is 0 Å². The molecule has 14 heavy (non-hydrogen) atoms. The number of aliphatic hydroxyl groups is 1. The molecule has 0 aromatic carbocycles. The first-order valence-electron chi connectivity index (χ1n) is 6.06. The van der Waals surface area contributed by atoms with Gasteiger partial charge in [0.15, 0.2) is 0 Å². The number of nitrogens with one attached hydrogen (secondary N) is 1. The smallest absolute Gasteiger partial charge is 0.0587 e. The van der Waals surface area contributed by atoms with Crippen LogP contribution in [0.3, 0.4) is 0 Å². The Kier molecular flexibility index (Phi) is 4.90. The lowest BCUT2D eigenvalue weighted by molar-refractivity contribution is 0.191. The van der Waals surface area contributed by atoms with Gasteiger partial charge in [-0.05, 0) is 31.1 Å². The lowest BCUT2D eigenvalue weighted by Crippen LogP contribution is -2.44. The molecule has 0 spiro atoms. The minimum Gasteiger partial charge on any atom is -0.395 e. The number of rotatable bonds is 7. The van der Waals surface area contributed by atoms with Crippen molar-refractivity contribution in [3.8, 4) is 0 Å². The topological polar surface area (TPSA) is 32.3 Å². The Morgan fingerprint density at radius 2 is 2.00 bits per heavy atom. The lowest BCUT2D eigenvalue weighted by Gasteiger charge is -2.27. The van der Waals surface area contributed by atoms with E-state index in [1.807, 2.05) is 0 Å². The van der Waals surface area contributed by atoms with Gasteiger partial charge in [0, 0.05) is 12.1 Å². The van der Waals surface area contributed by atoms with Crippen molar-refractivity contribution in [3.63, 3.8) is 0 Å². The molecule has 1 aliphatic carbocycles.